The van der Waals surface area contributed by atoms with Crippen molar-refractivity contribution in [1.29, 1.82) is 0 Å². The summed E-state index contributed by atoms with van der Waals surface area (Å²) in [6.07, 6.45) is 7.15. The van der Waals surface area contributed by atoms with Crippen LogP contribution in [0.25, 0.3) is 0 Å². The van der Waals surface area contributed by atoms with E-state index < -0.39 is 17.9 Å². The Kier molecular flexibility index (Phi) is 9.29. The molecule has 25 heavy (non-hydrogen) atoms. The number of rotatable bonds is 11. The van der Waals surface area contributed by atoms with Gasteiger partial charge in [0.1, 0.15) is 11.8 Å². The molecule has 1 aromatic rings. The molecule has 1 rings (SSSR count). The van der Waals surface area contributed by atoms with Crippen molar-refractivity contribution < 1.29 is 19.1 Å². The Morgan fingerprint density at radius 1 is 1.04 bits per heavy atom. The Morgan fingerprint density at radius 2 is 1.64 bits per heavy atom. The summed E-state index contributed by atoms with van der Waals surface area (Å²) in [4.78, 5) is 34.7. The summed E-state index contributed by atoms with van der Waals surface area (Å²) in [5.41, 5.74) is 5.77. The molecule has 0 unspecified atom stereocenters. The fourth-order valence-corrected chi connectivity index (χ4v) is 2.50. The van der Waals surface area contributed by atoms with Gasteiger partial charge in [-0.05, 0) is 30.7 Å². The van der Waals surface area contributed by atoms with Gasteiger partial charge in [-0.25, -0.2) is 0 Å². The lowest BCUT2D eigenvalue weighted by Crippen LogP contribution is -2.44. The molecule has 138 valence electrons. The number of carbonyl (C=O) groups excluding carboxylic acids is 3. The third-order valence-electron chi connectivity index (χ3n) is 3.87. The highest BCUT2D eigenvalue weighted by Crippen LogP contribution is 2.13. The minimum Gasteiger partial charge on any atom is -0.427 e. The number of nitrogens with one attached hydrogen (secondary N) is 1. The molecule has 0 radical (unpaired) electrons. The molecule has 0 aliphatic heterocycles. The number of hydrogen-bond donors (Lipinski definition) is 2. The summed E-state index contributed by atoms with van der Waals surface area (Å²) in [5, 5.41) is 2.67. The number of unbranched alkanes of at least 4 members (excludes halogenated alkanes) is 5. The molecule has 0 saturated carbocycles. The zero-order valence-electron chi connectivity index (χ0n) is 15.0. The molecular weight excluding hydrogens is 320 g/mol. The predicted octanol–water partition coefficient (Wildman–Crippen LogP) is 2.95. The van der Waals surface area contributed by atoms with Gasteiger partial charge in [-0.2, -0.15) is 0 Å². The Hall–Kier alpha value is -2.37. The summed E-state index contributed by atoms with van der Waals surface area (Å²) in [7, 11) is 0. The van der Waals surface area contributed by atoms with E-state index in [1.54, 1.807) is 0 Å². The second kappa shape index (κ2) is 11.2. The molecule has 0 aliphatic carbocycles. The van der Waals surface area contributed by atoms with E-state index in [4.69, 9.17) is 10.5 Å². The van der Waals surface area contributed by atoms with E-state index in [1.807, 2.05) is 0 Å². The summed E-state index contributed by atoms with van der Waals surface area (Å²) in [6.45, 7) is 3.47. The fraction of sp³-hybridized carbons (Fsp3) is 0.526. The van der Waals surface area contributed by atoms with Crippen LogP contribution in [0.15, 0.2) is 24.3 Å². The van der Waals surface area contributed by atoms with Crippen molar-refractivity contribution in [3.8, 4) is 5.75 Å². The zero-order chi connectivity index (χ0) is 18.7. The van der Waals surface area contributed by atoms with E-state index in [9.17, 15) is 14.4 Å². The standard InChI is InChI=1S/C19H28N2O4/c1-3-4-5-6-7-8-9-17(18(20)23)21-19(24)15-10-12-16(13-11-15)25-14(2)22/h10-13,17H,3-9H2,1-2H3,(H2,20,23)(H,21,24)/t17-/m0/s1. The van der Waals surface area contributed by atoms with Crippen molar-refractivity contribution in [1.82, 2.24) is 5.32 Å². The maximum absolute atomic E-state index is 12.2. The van der Waals surface area contributed by atoms with E-state index in [0.29, 0.717) is 17.7 Å². The second-order valence-corrected chi connectivity index (χ2v) is 6.10. The molecule has 0 fully saturated rings. The first-order chi connectivity index (χ1) is 11.9. The molecule has 1 atom stereocenters. The number of nitrogens with two attached hydrogens (primary N) is 1. The number of benzene rings is 1. The van der Waals surface area contributed by atoms with E-state index in [0.717, 1.165) is 19.3 Å². The van der Waals surface area contributed by atoms with Crippen LogP contribution in [0.3, 0.4) is 0 Å². The SMILES string of the molecule is CCCCCCCC[C@H](NC(=O)c1ccc(OC(C)=O)cc1)C(N)=O. The van der Waals surface area contributed by atoms with Crippen molar-refractivity contribution in [2.24, 2.45) is 5.73 Å². The minimum absolute atomic E-state index is 0.364. The van der Waals surface area contributed by atoms with E-state index in [2.05, 4.69) is 12.2 Å². The van der Waals surface area contributed by atoms with Gasteiger partial charge < -0.3 is 15.8 Å². The van der Waals surface area contributed by atoms with Crippen LogP contribution in [0.1, 0.15) is 69.2 Å². The Morgan fingerprint density at radius 3 is 2.20 bits per heavy atom. The molecule has 0 saturated heterocycles. The van der Waals surface area contributed by atoms with E-state index in [1.165, 1.54) is 50.5 Å². The van der Waals surface area contributed by atoms with Crippen molar-refractivity contribution in [2.75, 3.05) is 0 Å². The van der Waals surface area contributed by atoms with Crippen LogP contribution in [0.5, 0.6) is 5.75 Å². The van der Waals surface area contributed by atoms with Crippen LogP contribution in [0, 0.1) is 0 Å². The van der Waals surface area contributed by atoms with Crippen molar-refractivity contribution in [3.05, 3.63) is 29.8 Å². The van der Waals surface area contributed by atoms with Crippen LogP contribution in [0.4, 0.5) is 0 Å². The molecule has 0 aromatic heterocycles. The summed E-state index contributed by atoms with van der Waals surface area (Å²) in [6, 6.07) is 5.46. The third kappa shape index (κ3) is 8.33. The van der Waals surface area contributed by atoms with Crippen LogP contribution >= 0.6 is 0 Å². The molecule has 1 aromatic carbocycles. The third-order valence-corrected chi connectivity index (χ3v) is 3.87. The first kappa shape index (κ1) is 20.7. The first-order valence-corrected chi connectivity index (χ1v) is 8.82. The van der Waals surface area contributed by atoms with Gasteiger partial charge in [0.25, 0.3) is 5.91 Å². The molecule has 3 N–H and O–H groups in total. The molecule has 6 nitrogen and oxygen atoms in total. The molecule has 0 heterocycles. The van der Waals surface area contributed by atoms with Gasteiger partial charge in [0.05, 0.1) is 0 Å². The van der Waals surface area contributed by atoms with Crippen LogP contribution in [0.2, 0.25) is 0 Å². The molecule has 0 bridgehead atoms. The predicted molar refractivity (Wildman–Crippen MR) is 96.2 cm³/mol. The van der Waals surface area contributed by atoms with Crippen molar-refractivity contribution in [3.63, 3.8) is 0 Å². The van der Waals surface area contributed by atoms with Gasteiger partial charge >= 0.3 is 5.97 Å². The van der Waals surface area contributed by atoms with Gasteiger partial charge in [-0.15, -0.1) is 0 Å². The quantitative estimate of drug-likeness (QED) is 0.365. The molecular formula is C19H28N2O4. The largest absolute Gasteiger partial charge is 0.427 e. The number of carbonyl (C=O) groups is 3. The fourth-order valence-electron chi connectivity index (χ4n) is 2.50. The molecule has 6 heteroatoms. The van der Waals surface area contributed by atoms with E-state index in [-0.39, 0.29) is 5.91 Å². The maximum Gasteiger partial charge on any atom is 0.308 e. The molecule has 0 aliphatic rings. The lowest BCUT2D eigenvalue weighted by Gasteiger charge is -2.15. The molecule has 2 amide bonds. The van der Waals surface area contributed by atoms with Gasteiger partial charge in [-0.1, -0.05) is 45.4 Å². The summed E-state index contributed by atoms with van der Waals surface area (Å²) in [5.74, 6) is -0.963. The van der Waals surface area contributed by atoms with Crippen LogP contribution in [-0.2, 0) is 9.59 Å². The highest BCUT2D eigenvalue weighted by Gasteiger charge is 2.18. The number of amides is 2. The summed E-state index contributed by atoms with van der Waals surface area (Å²) < 4.78 is 4.92. The zero-order valence-corrected chi connectivity index (χ0v) is 15.0. The Bertz CT molecular complexity index is 569. The second-order valence-electron chi connectivity index (χ2n) is 6.10. The lowest BCUT2D eigenvalue weighted by molar-refractivity contribution is -0.131. The van der Waals surface area contributed by atoms with Crippen LogP contribution in [-0.4, -0.2) is 23.8 Å². The number of ether oxygens (including phenoxy) is 1. The molecule has 0 spiro atoms. The average molecular weight is 348 g/mol. The average Bonchev–Trinajstić information content (AvgIpc) is 2.56. The lowest BCUT2D eigenvalue weighted by atomic mass is 10.0. The Balaban J connectivity index is 2.49. The van der Waals surface area contributed by atoms with Crippen molar-refractivity contribution >= 4 is 17.8 Å². The number of hydrogen-bond acceptors (Lipinski definition) is 4. The number of primary amides is 1. The summed E-state index contributed by atoms with van der Waals surface area (Å²) >= 11 is 0. The van der Waals surface area contributed by atoms with Crippen molar-refractivity contribution in [2.45, 2.75) is 64.8 Å². The normalized spacial score (nSPS) is 11.6. The smallest absolute Gasteiger partial charge is 0.308 e. The van der Waals surface area contributed by atoms with Crippen LogP contribution < -0.4 is 15.8 Å². The Labute approximate surface area is 149 Å². The monoisotopic (exact) mass is 348 g/mol. The van der Waals surface area contributed by atoms with Gasteiger partial charge in [-0.3, -0.25) is 14.4 Å². The maximum atomic E-state index is 12.2. The topological polar surface area (TPSA) is 98.5 Å². The minimum atomic E-state index is -0.674. The highest BCUT2D eigenvalue weighted by atomic mass is 16.5. The number of esters is 1. The highest BCUT2D eigenvalue weighted by molar-refractivity contribution is 5.97. The first-order valence-electron chi connectivity index (χ1n) is 8.82. The van der Waals surface area contributed by atoms with Gasteiger partial charge in [0, 0.05) is 12.5 Å². The van der Waals surface area contributed by atoms with Gasteiger partial charge in [0.2, 0.25) is 5.91 Å². The van der Waals surface area contributed by atoms with Gasteiger partial charge in [0.15, 0.2) is 0 Å². The van der Waals surface area contributed by atoms with E-state index >= 15 is 0 Å².